The van der Waals surface area contributed by atoms with Crippen LogP contribution in [0.2, 0.25) is 0 Å². The molecular formula is C14H16N2O3S2. The van der Waals surface area contributed by atoms with Gasteiger partial charge in [0.15, 0.2) is 0 Å². The molecule has 1 amide bonds. The van der Waals surface area contributed by atoms with E-state index in [9.17, 15) is 14.7 Å². The first-order chi connectivity index (χ1) is 9.93. The molecule has 2 rings (SSSR count). The summed E-state index contributed by atoms with van der Waals surface area (Å²) in [6.07, 6.45) is 6.56. The predicted octanol–water partition coefficient (Wildman–Crippen LogP) is 2.48. The van der Waals surface area contributed by atoms with Gasteiger partial charge in [0.1, 0.15) is 10.4 Å². The third-order valence-electron chi connectivity index (χ3n) is 3.13. The van der Waals surface area contributed by atoms with Crippen LogP contribution >= 0.6 is 24.0 Å². The lowest BCUT2D eigenvalue weighted by atomic mass is 10.1. The molecule has 1 aromatic rings. The summed E-state index contributed by atoms with van der Waals surface area (Å²) in [6, 6.07) is 0.997. The van der Waals surface area contributed by atoms with Crippen LogP contribution in [0.3, 0.4) is 0 Å². The number of hydrogen-bond acceptors (Lipinski definition) is 4. The van der Waals surface area contributed by atoms with Crippen LogP contribution in [0.4, 0.5) is 0 Å². The predicted molar refractivity (Wildman–Crippen MR) is 86.8 cm³/mol. The second-order valence-electron chi connectivity index (χ2n) is 4.80. The number of carboxylic acid groups (broad SMARTS) is 1. The molecule has 1 aliphatic heterocycles. The SMILES string of the molecule is CCCC(C(=O)O)N1C(=O)/C(=C\c2ccn(C)c2)SC1=S. The maximum Gasteiger partial charge on any atom is 0.326 e. The van der Waals surface area contributed by atoms with Crippen LogP contribution in [0.5, 0.6) is 0 Å². The third-order valence-corrected chi connectivity index (χ3v) is 4.47. The van der Waals surface area contributed by atoms with Gasteiger partial charge in [-0.3, -0.25) is 9.69 Å². The Kier molecular flexibility index (Phi) is 4.84. The monoisotopic (exact) mass is 324 g/mol. The van der Waals surface area contributed by atoms with Gasteiger partial charge >= 0.3 is 5.97 Å². The van der Waals surface area contributed by atoms with Crippen molar-refractivity contribution in [1.82, 2.24) is 9.47 Å². The van der Waals surface area contributed by atoms with Crippen molar-refractivity contribution < 1.29 is 14.7 Å². The fourth-order valence-electron chi connectivity index (χ4n) is 2.15. The molecule has 5 nitrogen and oxygen atoms in total. The molecule has 2 heterocycles. The molecule has 112 valence electrons. The summed E-state index contributed by atoms with van der Waals surface area (Å²) in [5.74, 6) is -1.34. The molecule has 7 heteroatoms. The molecule has 0 radical (unpaired) electrons. The largest absolute Gasteiger partial charge is 0.480 e. The van der Waals surface area contributed by atoms with Crippen molar-refractivity contribution in [2.75, 3.05) is 0 Å². The van der Waals surface area contributed by atoms with Gasteiger partial charge in [0, 0.05) is 19.4 Å². The Morgan fingerprint density at radius 3 is 2.81 bits per heavy atom. The van der Waals surface area contributed by atoms with E-state index >= 15 is 0 Å². The highest BCUT2D eigenvalue weighted by Crippen LogP contribution is 2.34. The number of rotatable bonds is 5. The maximum atomic E-state index is 12.4. The highest BCUT2D eigenvalue weighted by molar-refractivity contribution is 8.26. The van der Waals surface area contributed by atoms with Crippen molar-refractivity contribution in [2.24, 2.45) is 7.05 Å². The van der Waals surface area contributed by atoms with Crippen LogP contribution in [-0.4, -0.2) is 36.8 Å². The summed E-state index contributed by atoms with van der Waals surface area (Å²) >= 11 is 6.34. The van der Waals surface area contributed by atoms with Crippen molar-refractivity contribution in [1.29, 1.82) is 0 Å². The lowest BCUT2D eigenvalue weighted by molar-refractivity contribution is -0.145. The number of carbonyl (C=O) groups is 2. The molecule has 0 saturated carbocycles. The molecule has 1 atom stereocenters. The van der Waals surface area contributed by atoms with Gasteiger partial charge in [-0.05, 0) is 24.1 Å². The highest BCUT2D eigenvalue weighted by Gasteiger charge is 2.39. The van der Waals surface area contributed by atoms with Crippen LogP contribution in [0.25, 0.3) is 6.08 Å². The van der Waals surface area contributed by atoms with Crippen molar-refractivity contribution in [3.63, 3.8) is 0 Å². The molecule has 0 aliphatic carbocycles. The summed E-state index contributed by atoms with van der Waals surface area (Å²) in [7, 11) is 1.89. The van der Waals surface area contributed by atoms with Gasteiger partial charge in [0.2, 0.25) is 0 Å². The molecule has 0 aromatic carbocycles. The Morgan fingerprint density at radius 1 is 1.57 bits per heavy atom. The minimum absolute atomic E-state index is 0.308. The average Bonchev–Trinajstić information content (AvgIpc) is 2.93. The third kappa shape index (κ3) is 3.36. The molecule has 1 aromatic heterocycles. The van der Waals surface area contributed by atoms with E-state index in [0.29, 0.717) is 22.1 Å². The summed E-state index contributed by atoms with van der Waals surface area (Å²) in [5, 5.41) is 9.29. The minimum Gasteiger partial charge on any atom is -0.480 e. The smallest absolute Gasteiger partial charge is 0.326 e. The normalized spacial score (nSPS) is 18.6. The number of carboxylic acids is 1. The summed E-state index contributed by atoms with van der Waals surface area (Å²) in [4.78, 5) is 25.5. The molecule has 1 unspecified atom stereocenters. The summed E-state index contributed by atoms with van der Waals surface area (Å²) < 4.78 is 2.19. The quantitative estimate of drug-likeness (QED) is 0.666. The van der Waals surface area contributed by atoms with E-state index in [1.165, 1.54) is 4.90 Å². The van der Waals surface area contributed by atoms with Crippen LogP contribution in [-0.2, 0) is 16.6 Å². The Labute approximate surface area is 132 Å². The van der Waals surface area contributed by atoms with Gasteiger partial charge in [0.25, 0.3) is 5.91 Å². The topological polar surface area (TPSA) is 62.5 Å². The number of carbonyl (C=O) groups excluding carboxylic acids is 1. The Morgan fingerprint density at radius 2 is 2.29 bits per heavy atom. The fourth-order valence-corrected chi connectivity index (χ4v) is 3.50. The minimum atomic E-state index is -1.02. The number of amides is 1. The number of thioether (sulfide) groups is 1. The zero-order chi connectivity index (χ0) is 15.6. The van der Waals surface area contributed by atoms with Crippen molar-refractivity contribution >= 4 is 46.3 Å². The van der Waals surface area contributed by atoms with Crippen molar-refractivity contribution in [2.45, 2.75) is 25.8 Å². The number of aromatic nitrogens is 1. The summed E-state index contributed by atoms with van der Waals surface area (Å²) in [5.41, 5.74) is 0.889. The first-order valence-corrected chi connectivity index (χ1v) is 7.78. The van der Waals surface area contributed by atoms with Gasteiger partial charge in [-0.1, -0.05) is 37.3 Å². The van der Waals surface area contributed by atoms with Gasteiger partial charge < -0.3 is 9.67 Å². The molecule has 1 fully saturated rings. The second-order valence-corrected chi connectivity index (χ2v) is 6.48. The number of thiocarbonyl (C=S) groups is 1. The first-order valence-electron chi connectivity index (χ1n) is 6.56. The standard InChI is InChI=1S/C14H16N2O3S2/c1-3-4-10(13(18)19)16-12(17)11(21-14(16)20)7-9-5-6-15(2)8-9/h5-8,10H,3-4H2,1-2H3,(H,18,19)/b11-7+. The van der Waals surface area contributed by atoms with Gasteiger partial charge in [-0.15, -0.1) is 0 Å². The van der Waals surface area contributed by atoms with Gasteiger partial charge in [0.05, 0.1) is 4.91 Å². The lowest BCUT2D eigenvalue weighted by Crippen LogP contribution is -2.43. The maximum absolute atomic E-state index is 12.4. The van der Waals surface area contributed by atoms with E-state index in [-0.39, 0.29) is 5.91 Å². The van der Waals surface area contributed by atoms with E-state index in [1.54, 1.807) is 6.08 Å². The van der Waals surface area contributed by atoms with Crippen molar-refractivity contribution in [3.05, 3.63) is 28.9 Å². The van der Waals surface area contributed by atoms with E-state index < -0.39 is 12.0 Å². The van der Waals surface area contributed by atoms with Crippen LogP contribution in [0, 0.1) is 0 Å². The van der Waals surface area contributed by atoms with E-state index in [2.05, 4.69) is 0 Å². The molecule has 0 bridgehead atoms. The number of aliphatic carboxylic acids is 1. The Hall–Kier alpha value is -1.60. The Balaban J connectivity index is 2.27. The average molecular weight is 324 g/mol. The van der Waals surface area contributed by atoms with Crippen LogP contribution in [0.15, 0.2) is 23.4 Å². The van der Waals surface area contributed by atoms with Gasteiger partial charge in [-0.2, -0.15) is 0 Å². The zero-order valence-electron chi connectivity index (χ0n) is 11.8. The summed E-state index contributed by atoms with van der Waals surface area (Å²) in [6.45, 7) is 1.88. The van der Waals surface area contributed by atoms with E-state index in [4.69, 9.17) is 12.2 Å². The first kappa shape index (κ1) is 15.8. The van der Waals surface area contributed by atoms with Crippen LogP contribution < -0.4 is 0 Å². The molecule has 1 N–H and O–H groups in total. The van der Waals surface area contributed by atoms with Gasteiger partial charge in [-0.25, -0.2) is 4.79 Å². The zero-order valence-corrected chi connectivity index (χ0v) is 13.4. The Bertz CT molecular complexity index is 621. The molecule has 21 heavy (non-hydrogen) atoms. The molecule has 1 aliphatic rings. The van der Waals surface area contributed by atoms with E-state index in [0.717, 1.165) is 17.3 Å². The molecular weight excluding hydrogens is 308 g/mol. The number of hydrogen-bond donors (Lipinski definition) is 1. The number of nitrogens with zero attached hydrogens (tertiary/aromatic N) is 2. The van der Waals surface area contributed by atoms with E-state index in [1.807, 2.05) is 37.0 Å². The molecule has 0 spiro atoms. The highest BCUT2D eigenvalue weighted by atomic mass is 32.2. The number of aryl methyl sites for hydroxylation is 1. The second kappa shape index (κ2) is 6.44. The van der Waals surface area contributed by atoms with Crippen molar-refractivity contribution in [3.8, 4) is 0 Å². The lowest BCUT2D eigenvalue weighted by Gasteiger charge is -2.22. The molecule has 1 saturated heterocycles. The van der Waals surface area contributed by atoms with Crippen LogP contribution in [0.1, 0.15) is 25.3 Å². The fraction of sp³-hybridized carbons (Fsp3) is 0.357.